The fourth-order valence-corrected chi connectivity index (χ4v) is 4.76. The Labute approximate surface area is 211 Å². The van der Waals surface area contributed by atoms with Crippen LogP contribution in [0.25, 0.3) is 22.1 Å². The first-order chi connectivity index (χ1) is 17.8. The van der Waals surface area contributed by atoms with Crippen molar-refractivity contribution in [2.45, 2.75) is 25.4 Å². The maximum Gasteiger partial charge on any atom is 0.416 e. The largest absolute Gasteiger partial charge is 0.508 e. The van der Waals surface area contributed by atoms with E-state index >= 15 is 0 Å². The van der Waals surface area contributed by atoms with Crippen molar-refractivity contribution >= 4 is 11.0 Å². The van der Waals surface area contributed by atoms with Gasteiger partial charge in [-0.3, -0.25) is 4.90 Å². The molecule has 8 heteroatoms. The molecule has 5 rings (SSSR count). The van der Waals surface area contributed by atoms with E-state index in [-0.39, 0.29) is 16.9 Å². The van der Waals surface area contributed by atoms with E-state index in [4.69, 9.17) is 9.15 Å². The molecule has 0 saturated carbocycles. The van der Waals surface area contributed by atoms with Gasteiger partial charge < -0.3 is 14.3 Å². The lowest BCUT2D eigenvalue weighted by Crippen LogP contribution is -2.25. The lowest BCUT2D eigenvalue weighted by atomic mass is 9.93. The molecule has 2 heterocycles. The number of hydrogen-bond donors (Lipinski definition) is 1. The Balaban J connectivity index is 1.45. The van der Waals surface area contributed by atoms with Crippen LogP contribution in [0.5, 0.6) is 11.5 Å². The average Bonchev–Trinajstić information content (AvgIpc) is 3.38. The highest BCUT2D eigenvalue weighted by Crippen LogP contribution is 2.34. The Morgan fingerprint density at radius 1 is 0.946 bits per heavy atom. The topological polar surface area (TPSA) is 62.9 Å². The number of nitrogens with zero attached hydrogens (tertiary/aromatic N) is 1. The number of likely N-dealkylation sites (tertiary alicyclic amines) is 1. The number of rotatable bonds is 7. The van der Waals surface area contributed by atoms with E-state index in [1.54, 1.807) is 6.07 Å². The van der Waals surface area contributed by atoms with E-state index in [0.29, 0.717) is 29.5 Å². The number of ether oxygens (including phenoxy) is 1. The molecule has 1 aliphatic rings. The molecule has 4 aromatic rings. The quantitative estimate of drug-likeness (QED) is 0.299. The highest BCUT2D eigenvalue weighted by atomic mass is 19.4. The predicted octanol–water partition coefficient (Wildman–Crippen LogP) is 6.25. The summed E-state index contributed by atoms with van der Waals surface area (Å²) in [7, 11) is 0. The smallest absolute Gasteiger partial charge is 0.416 e. The van der Waals surface area contributed by atoms with Crippen LogP contribution in [0, 0.1) is 0 Å². The maximum atomic E-state index is 13.1. The number of alkyl halides is 3. The molecule has 0 atom stereocenters. The van der Waals surface area contributed by atoms with E-state index in [2.05, 4.69) is 4.90 Å². The second kappa shape index (κ2) is 10.3. The zero-order valence-electron chi connectivity index (χ0n) is 20.1. The molecule has 37 heavy (non-hydrogen) atoms. The zero-order valence-corrected chi connectivity index (χ0v) is 20.1. The molecule has 0 spiro atoms. The van der Waals surface area contributed by atoms with Gasteiger partial charge in [0.05, 0.1) is 11.1 Å². The molecule has 1 saturated heterocycles. The molecule has 1 fully saturated rings. The minimum atomic E-state index is -4.48. The van der Waals surface area contributed by atoms with Gasteiger partial charge in [-0.15, -0.1) is 0 Å². The normalized spacial score (nSPS) is 14.4. The van der Waals surface area contributed by atoms with Crippen LogP contribution in [0.1, 0.15) is 29.5 Å². The SMILES string of the molecule is O=c1oc2cc(O)ccc2c(Cc2ccc(OCCN3CCCC3)cc2)c1-c1ccc(C(F)(F)F)cc1. The second-order valence-electron chi connectivity index (χ2n) is 9.22. The summed E-state index contributed by atoms with van der Waals surface area (Å²) in [5.41, 5.74) is 0.737. The van der Waals surface area contributed by atoms with Crippen molar-refractivity contribution in [3.05, 3.63) is 93.8 Å². The van der Waals surface area contributed by atoms with Crippen molar-refractivity contribution in [1.29, 1.82) is 0 Å². The highest BCUT2D eigenvalue weighted by molar-refractivity contribution is 5.88. The summed E-state index contributed by atoms with van der Waals surface area (Å²) in [6.07, 6.45) is -1.69. The first-order valence-corrected chi connectivity index (χ1v) is 12.2. The summed E-state index contributed by atoms with van der Waals surface area (Å²) in [5, 5.41) is 10.5. The molecule has 0 aliphatic carbocycles. The van der Waals surface area contributed by atoms with Crippen LogP contribution in [0.15, 0.2) is 75.9 Å². The van der Waals surface area contributed by atoms with Gasteiger partial charge in [0.2, 0.25) is 0 Å². The fourth-order valence-electron chi connectivity index (χ4n) is 4.76. The third-order valence-corrected chi connectivity index (χ3v) is 6.68. The number of phenols is 1. The summed E-state index contributed by atoms with van der Waals surface area (Å²) in [4.78, 5) is 15.4. The van der Waals surface area contributed by atoms with Crippen LogP contribution < -0.4 is 10.4 Å². The Morgan fingerprint density at radius 3 is 2.32 bits per heavy atom. The first kappa shape index (κ1) is 24.9. The molecule has 1 aromatic heterocycles. The van der Waals surface area contributed by atoms with Crippen LogP contribution in [-0.4, -0.2) is 36.2 Å². The van der Waals surface area contributed by atoms with Gasteiger partial charge in [-0.05, 0) is 85.4 Å². The summed E-state index contributed by atoms with van der Waals surface area (Å²) in [6.45, 7) is 3.71. The number of halogens is 3. The Hall–Kier alpha value is -3.78. The monoisotopic (exact) mass is 509 g/mol. The molecule has 192 valence electrons. The minimum absolute atomic E-state index is 0.0562. The molecule has 1 N–H and O–H groups in total. The fraction of sp³-hybridized carbons (Fsp3) is 0.276. The Morgan fingerprint density at radius 2 is 1.65 bits per heavy atom. The van der Waals surface area contributed by atoms with E-state index in [1.807, 2.05) is 24.3 Å². The molecule has 0 amide bonds. The van der Waals surface area contributed by atoms with Crippen LogP contribution in [-0.2, 0) is 12.6 Å². The van der Waals surface area contributed by atoms with Gasteiger partial charge in [0, 0.05) is 18.0 Å². The second-order valence-corrected chi connectivity index (χ2v) is 9.22. The number of fused-ring (bicyclic) bond motifs is 1. The maximum absolute atomic E-state index is 13.1. The van der Waals surface area contributed by atoms with Crippen molar-refractivity contribution in [2.24, 2.45) is 0 Å². The van der Waals surface area contributed by atoms with Gasteiger partial charge in [-0.2, -0.15) is 13.2 Å². The van der Waals surface area contributed by atoms with Crippen molar-refractivity contribution in [3.8, 4) is 22.6 Å². The first-order valence-electron chi connectivity index (χ1n) is 12.2. The third-order valence-electron chi connectivity index (χ3n) is 6.68. The molecule has 3 aromatic carbocycles. The van der Waals surface area contributed by atoms with Crippen LogP contribution >= 0.6 is 0 Å². The lowest BCUT2D eigenvalue weighted by molar-refractivity contribution is -0.137. The number of hydrogen-bond acceptors (Lipinski definition) is 5. The Kier molecular flexibility index (Phi) is 6.93. The summed E-state index contributed by atoms with van der Waals surface area (Å²) < 4.78 is 50.6. The summed E-state index contributed by atoms with van der Waals surface area (Å²) in [5.74, 6) is 0.688. The van der Waals surface area contributed by atoms with Crippen molar-refractivity contribution in [2.75, 3.05) is 26.2 Å². The average molecular weight is 510 g/mol. The summed E-state index contributed by atoms with van der Waals surface area (Å²) in [6, 6.07) is 16.5. The van der Waals surface area contributed by atoms with E-state index in [9.17, 15) is 23.1 Å². The van der Waals surface area contributed by atoms with Gasteiger partial charge in [-0.25, -0.2) is 4.79 Å². The number of benzene rings is 3. The van der Waals surface area contributed by atoms with Crippen molar-refractivity contribution in [1.82, 2.24) is 4.90 Å². The lowest BCUT2D eigenvalue weighted by Gasteiger charge is -2.15. The third kappa shape index (κ3) is 5.64. The number of phenolic OH excluding ortho intramolecular Hbond substituents is 1. The Bertz CT molecular complexity index is 1440. The van der Waals surface area contributed by atoms with Gasteiger partial charge >= 0.3 is 11.8 Å². The van der Waals surface area contributed by atoms with Crippen molar-refractivity contribution < 1.29 is 27.4 Å². The molecule has 0 bridgehead atoms. The van der Waals surface area contributed by atoms with Crippen molar-refractivity contribution in [3.63, 3.8) is 0 Å². The van der Waals surface area contributed by atoms with Gasteiger partial charge in [-0.1, -0.05) is 24.3 Å². The van der Waals surface area contributed by atoms with Crippen LogP contribution in [0.4, 0.5) is 13.2 Å². The molecular weight excluding hydrogens is 483 g/mol. The van der Waals surface area contributed by atoms with Crippen LogP contribution in [0.3, 0.4) is 0 Å². The van der Waals surface area contributed by atoms with E-state index in [1.165, 1.54) is 37.1 Å². The van der Waals surface area contributed by atoms with Crippen LogP contribution in [0.2, 0.25) is 0 Å². The van der Waals surface area contributed by atoms with Gasteiger partial charge in [0.25, 0.3) is 0 Å². The molecule has 1 aliphatic heterocycles. The van der Waals surface area contributed by atoms with Gasteiger partial charge in [0.1, 0.15) is 23.7 Å². The summed E-state index contributed by atoms with van der Waals surface area (Å²) >= 11 is 0. The molecule has 5 nitrogen and oxygen atoms in total. The standard InChI is InChI=1S/C29H26F3NO4/c30-29(31,32)21-7-5-20(6-8-21)27-25(24-12-9-22(34)18-26(24)37-28(27)35)17-19-3-10-23(11-4-19)36-16-15-33-13-1-2-14-33/h3-12,18,34H,1-2,13-17H2. The number of aromatic hydroxyl groups is 1. The van der Waals surface area contributed by atoms with E-state index < -0.39 is 17.4 Å². The highest BCUT2D eigenvalue weighted by Gasteiger charge is 2.30. The zero-order chi connectivity index (χ0) is 26.0. The van der Waals surface area contributed by atoms with E-state index in [0.717, 1.165) is 43.1 Å². The van der Waals surface area contributed by atoms with Gasteiger partial charge in [0.15, 0.2) is 0 Å². The minimum Gasteiger partial charge on any atom is -0.508 e. The predicted molar refractivity (Wildman–Crippen MR) is 135 cm³/mol. The molecule has 0 radical (unpaired) electrons. The molecular formula is C29H26F3NO4. The molecule has 0 unspecified atom stereocenters.